The molecule has 1 aliphatic carbocycles. The summed E-state index contributed by atoms with van der Waals surface area (Å²) in [4.78, 5) is 2.71. The topological polar surface area (TPSA) is 15.3 Å². The van der Waals surface area contributed by atoms with E-state index < -0.39 is 0 Å². The van der Waals surface area contributed by atoms with Gasteiger partial charge in [-0.25, -0.2) is 0 Å². The van der Waals surface area contributed by atoms with Crippen molar-refractivity contribution < 1.29 is 0 Å². The van der Waals surface area contributed by atoms with Crippen molar-refractivity contribution in [2.24, 2.45) is 0 Å². The predicted molar refractivity (Wildman–Crippen MR) is 79.0 cm³/mol. The summed E-state index contributed by atoms with van der Waals surface area (Å²) in [6.45, 7) is 6.21. The van der Waals surface area contributed by atoms with E-state index in [1.165, 1.54) is 83.8 Å². The Morgan fingerprint density at radius 2 is 1.56 bits per heavy atom. The fraction of sp³-hybridized carbons (Fsp3) is 1.00. The van der Waals surface area contributed by atoms with Gasteiger partial charge in [-0.2, -0.15) is 0 Å². The van der Waals surface area contributed by atoms with E-state index in [0.717, 1.165) is 12.1 Å². The van der Waals surface area contributed by atoms with Crippen molar-refractivity contribution in [3.63, 3.8) is 0 Å². The Bertz CT molecular complexity index is 209. The number of rotatable bonds is 4. The zero-order chi connectivity index (χ0) is 12.6. The van der Waals surface area contributed by atoms with Crippen molar-refractivity contribution in [3.05, 3.63) is 0 Å². The summed E-state index contributed by atoms with van der Waals surface area (Å²) in [5.74, 6) is 0. The molecule has 1 atom stereocenters. The van der Waals surface area contributed by atoms with Crippen LogP contribution in [0.4, 0.5) is 0 Å². The van der Waals surface area contributed by atoms with Gasteiger partial charge < -0.3 is 5.32 Å². The van der Waals surface area contributed by atoms with Gasteiger partial charge in [0, 0.05) is 25.2 Å². The van der Waals surface area contributed by atoms with Gasteiger partial charge in [-0.3, -0.25) is 4.90 Å². The summed E-state index contributed by atoms with van der Waals surface area (Å²) in [5, 5.41) is 3.81. The van der Waals surface area contributed by atoms with Gasteiger partial charge in [-0.15, -0.1) is 0 Å². The van der Waals surface area contributed by atoms with Crippen LogP contribution in [0.2, 0.25) is 0 Å². The first-order valence-corrected chi connectivity index (χ1v) is 8.33. The first kappa shape index (κ1) is 14.3. The van der Waals surface area contributed by atoms with E-state index in [0.29, 0.717) is 0 Å². The Labute approximate surface area is 114 Å². The molecule has 0 spiro atoms. The summed E-state index contributed by atoms with van der Waals surface area (Å²) in [6.07, 6.45) is 14.3. The maximum Gasteiger partial charge on any atom is 0.0110 e. The highest BCUT2D eigenvalue weighted by Gasteiger charge is 2.17. The lowest BCUT2D eigenvalue weighted by Crippen LogP contribution is -2.40. The maximum atomic E-state index is 3.81. The maximum absolute atomic E-state index is 3.81. The molecule has 1 heterocycles. The number of hydrogen-bond donors (Lipinski definition) is 1. The highest BCUT2D eigenvalue weighted by atomic mass is 15.2. The van der Waals surface area contributed by atoms with E-state index in [1.807, 2.05) is 0 Å². The SMILES string of the molecule is CC1CCCCCN1CCNC1CCCCCC1. The van der Waals surface area contributed by atoms with Crippen LogP contribution in [0.1, 0.15) is 71.1 Å². The Morgan fingerprint density at radius 3 is 2.33 bits per heavy atom. The van der Waals surface area contributed by atoms with Gasteiger partial charge in [0.25, 0.3) is 0 Å². The molecule has 18 heavy (non-hydrogen) atoms. The lowest BCUT2D eigenvalue weighted by atomic mass is 10.1. The fourth-order valence-corrected chi connectivity index (χ4v) is 3.56. The second kappa shape index (κ2) is 8.16. The Morgan fingerprint density at radius 1 is 0.889 bits per heavy atom. The molecule has 1 unspecified atom stereocenters. The fourth-order valence-electron chi connectivity index (χ4n) is 3.56. The molecular weight excluding hydrogens is 220 g/mol. The lowest BCUT2D eigenvalue weighted by Gasteiger charge is -2.28. The summed E-state index contributed by atoms with van der Waals surface area (Å²) in [7, 11) is 0. The smallest absolute Gasteiger partial charge is 0.0110 e. The Hall–Kier alpha value is -0.0800. The highest BCUT2D eigenvalue weighted by Crippen LogP contribution is 2.18. The first-order valence-electron chi connectivity index (χ1n) is 8.33. The van der Waals surface area contributed by atoms with Crippen LogP contribution >= 0.6 is 0 Å². The second-order valence-electron chi connectivity index (χ2n) is 6.38. The molecule has 2 aliphatic rings. The molecule has 0 radical (unpaired) electrons. The number of likely N-dealkylation sites (tertiary alicyclic amines) is 1. The van der Waals surface area contributed by atoms with Gasteiger partial charge >= 0.3 is 0 Å². The average Bonchev–Trinajstić information content (AvgIpc) is 2.74. The van der Waals surface area contributed by atoms with Crippen molar-refractivity contribution in [1.82, 2.24) is 10.2 Å². The van der Waals surface area contributed by atoms with Gasteiger partial charge in [0.05, 0.1) is 0 Å². The van der Waals surface area contributed by atoms with Crippen molar-refractivity contribution >= 4 is 0 Å². The van der Waals surface area contributed by atoms with E-state index in [9.17, 15) is 0 Å². The Kier molecular flexibility index (Phi) is 6.50. The van der Waals surface area contributed by atoms with Crippen molar-refractivity contribution in [1.29, 1.82) is 0 Å². The highest BCUT2D eigenvalue weighted by molar-refractivity contribution is 4.75. The van der Waals surface area contributed by atoms with Gasteiger partial charge in [-0.05, 0) is 39.2 Å². The monoisotopic (exact) mass is 252 g/mol. The second-order valence-corrected chi connectivity index (χ2v) is 6.38. The standard InChI is InChI=1S/C16H32N2/c1-15-9-5-4-8-13-18(15)14-12-17-16-10-6-2-3-7-11-16/h15-17H,2-14H2,1H3. The predicted octanol–water partition coefficient (Wildman–Crippen LogP) is 3.56. The normalized spacial score (nSPS) is 28.8. The molecule has 2 nitrogen and oxygen atoms in total. The van der Waals surface area contributed by atoms with E-state index in [1.54, 1.807) is 0 Å². The zero-order valence-corrected chi connectivity index (χ0v) is 12.3. The van der Waals surface area contributed by atoms with Crippen LogP contribution in [0.3, 0.4) is 0 Å². The molecule has 1 N–H and O–H groups in total. The number of nitrogens with one attached hydrogen (secondary N) is 1. The van der Waals surface area contributed by atoms with Gasteiger partial charge in [-0.1, -0.05) is 38.5 Å². The van der Waals surface area contributed by atoms with Crippen LogP contribution in [0.15, 0.2) is 0 Å². The molecule has 0 aromatic carbocycles. The summed E-state index contributed by atoms with van der Waals surface area (Å²) >= 11 is 0. The zero-order valence-electron chi connectivity index (χ0n) is 12.3. The lowest BCUT2D eigenvalue weighted by molar-refractivity contribution is 0.210. The number of hydrogen-bond acceptors (Lipinski definition) is 2. The minimum Gasteiger partial charge on any atom is -0.313 e. The molecule has 0 aromatic rings. The third-order valence-corrected chi connectivity index (χ3v) is 4.88. The minimum absolute atomic E-state index is 0.809. The quantitative estimate of drug-likeness (QED) is 0.770. The molecule has 1 saturated heterocycles. The van der Waals surface area contributed by atoms with Crippen LogP contribution < -0.4 is 5.32 Å². The van der Waals surface area contributed by atoms with Gasteiger partial charge in [0.2, 0.25) is 0 Å². The van der Waals surface area contributed by atoms with Crippen LogP contribution in [0.5, 0.6) is 0 Å². The summed E-state index contributed by atoms with van der Waals surface area (Å²) in [5.41, 5.74) is 0. The molecule has 0 amide bonds. The van der Waals surface area contributed by atoms with E-state index in [-0.39, 0.29) is 0 Å². The van der Waals surface area contributed by atoms with E-state index in [4.69, 9.17) is 0 Å². The number of nitrogens with zero attached hydrogens (tertiary/aromatic N) is 1. The third kappa shape index (κ3) is 4.89. The molecule has 1 saturated carbocycles. The van der Waals surface area contributed by atoms with E-state index >= 15 is 0 Å². The Balaban J connectivity index is 1.63. The molecule has 2 rings (SSSR count). The largest absolute Gasteiger partial charge is 0.313 e. The molecule has 106 valence electrons. The minimum atomic E-state index is 0.809. The molecule has 2 fully saturated rings. The van der Waals surface area contributed by atoms with Crippen LogP contribution in [-0.2, 0) is 0 Å². The van der Waals surface area contributed by atoms with E-state index in [2.05, 4.69) is 17.1 Å². The van der Waals surface area contributed by atoms with Crippen molar-refractivity contribution in [2.75, 3.05) is 19.6 Å². The molecular formula is C16H32N2. The van der Waals surface area contributed by atoms with Crippen LogP contribution in [-0.4, -0.2) is 36.6 Å². The summed E-state index contributed by atoms with van der Waals surface area (Å²) in [6, 6.07) is 1.62. The van der Waals surface area contributed by atoms with Crippen LogP contribution in [0.25, 0.3) is 0 Å². The first-order chi connectivity index (χ1) is 8.86. The van der Waals surface area contributed by atoms with Crippen molar-refractivity contribution in [3.8, 4) is 0 Å². The molecule has 0 bridgehead atoms. The van der Waals surface area contributed by atoms with Crippen LogP contribution in [0, 0.1) is 0 Å². The molecule has 1 aliphatic heterocycles. The van der Waals surface area contributed by atoms with Gasteiger partial charge in [0.15, 0.2) is 0 Å². The average molecular weight is 252 g/mol. The van der Waals surface area contributed by atoms with Crippen molar-refractivity contribution in [2.45, 2.75) is 83.2 Å². The molecule has 0 aromatic heterocycles. The third-order valence-electron chi connectivity index (χ3n) is 4.88. The summed E-state index contributed by atoms with van der Waals surface area (Å²) < 4.78 is 0. The van der Waals surface area contributed by atoms with Gasteiger partial charge in [0.1, 0.15) is 0 Å². The molecule has 2 heteroatoms.